The average Bonchev–Trinajstić information content (AvgIpc) is 2.59. The summed E-state index contributed by atoms with van der Waals surface area (Å²) in [5, 5.41) is 9.63. The topological polar surface area (TPSA) is 57.6 Å². The van der Waals surface area contributed by atoms with Gasteiger partial charge in [-0.2, -0.15) is 0 Å². The molecule has 124 valence electrons. The molecule has 1 heterocycles. The molecule has 0 bridgehead atoms. The quantitative estimate of drug-likeness (QED) is 0.940. The Balaban J connectivity index is 1.74. The maximum absolute atomic E-state index is 12.6. The Kier molecular flexibility index (Phi) is 4.65. The van der Waals surface area contributed by atoms with Gasteiger partial charge in [0.15, 0.2) is 6.04 Å². The van der Waals surface area contributed by atoms with Crippen molar-refractivity contribution in [2.24, 2.45) is 0 Å². The van der Waals surface area contributed by atoms with E-state index in [0.717, 1.165) is 16.7 Å². The van der Waals surface area contributed by atoms with E-state index in [9.17, 15) is 14.7 Å². The third kappa shape index (κ3) is 3.32. The normalized spacial score (nSPS) is 16.5. The Morgan fingerprint density at radius 1 is 1.12 bits per heavy atom. The van der Waals surface area contributed by atoms with Gasteiger partial charge in [-0.05, 0) is 36.5 Å². The molecule has 0 aliphatic carbocycles. The van der Waals surface area contributed by atoms with Crippen LogP contribution in [0, 0.1) is 6.92 Å². The third-order valence-corrected chi connectivity index (χ3v) is 4.59. The zero-order valence-corrected chi connectivity index (χ0v) is 13.7. The first-order valence-corrected chi connectivity index (χ1v) is 8.22. The zero-order chi connectivity index (χ0) is 17.1. The van der Waals surface area contributed by atoms with Crippen molar-refractivity contribution >= 4 is 11.9 Å². The lowest BCUT2D eigenvalue weighted by Gasteiger charge is -2.34. The standard InChI is InChI=1S/C20H21NO3/c1-14-6-8-15(9-7-14)10-11-18(22)21-13-12-16-4-2-3-5-17(16)19(21)20(23)24/h2-9,19H,10-13H2,1H3,(H,23,24). The predicted octanol–water partition coefficient (Wildman–Crippen LogP) is 3.14. The van der Waals surface area contributed by atoms with Gasteiger partial charge in [0.1, 0.15) is 0 Å². The lowest BCUT2D eigenvalue weighted by Crippen LogP contribution is -2.43. The number of amides is 1. The van der Waals surface area contributed by atoms with E-state index >= 15 is 0 Å². The molecule has 1 unspecified atom stereocenters. The van der Waals surface area contributed by atoms with E-state index in [1.54, 1.807) is 0 Å². The first-order chi connectivity index (χ1) is 11.6. The van der Waals surface area contributed by atoms with Crippen molar-refractivity contribution in [1.82, 2.24) is 4.90 Å². The van der Waals surface area contributed by atoms with Crippen molar-refractivity contribution in [3.63, 3.8) is 0 Å². The molecule has 1 amide bonds. The molecule has 1 N–H and O–H groups in total. The number of carbonyl (C=O) groups is 2. The molecule has 0 fully saturated rings. The number of hydrogen-bond donors (Lipinski definition) is 1. The van der Waals surface area contributed by atoms with Crippen LogP contribution in [0.15, 0.2) is 48.5 Å². The Labute approximate surface area is 141 Å². The molecule has 0 saturated carbocycles. The highest BCUT2D eigenvalue weighted by molar-refractivity contribution is 5.85. The van der Waals surface area contributed by atoms with Crippen molar-refractivity contribution in [3.05, 3.63) is 70.8 Å². The molecule has 1 aliphatic heterocycles. The van der Waals surface area contributed by atoms with Crippen LogP contribution in [0.2, 0.25) is 0 Å². The van der Waals surface area contributed by atoms with Crippen molar-refractivity contribution < 1.29 is 14.7 Å². The fraction of sp³-hybridized carbons (Fsp3) is 0.300. The number of aliphatic carboxylic acids is 1. The molecule has 3 rings (SSSR count). The fourth-order valence-corrected chi connectivity index (χ4v) is 3.25. The summed E-state index contributed by atoms with van der Waals surface area (Å²) in [6.07, 6.45) is 1.66. The number of fused-ring (bicyclic) bond motifs is 1. The van der Waals surface area contributed by atoms with Gasteiger partial charge in [0.25, 0.3) is 0 Å². The number of carbonyl (C=O) groups excluding carboxylic acids is 1. The highest BCUT2D eigenvalue weighted by Gasteiger charge is 2.35. The molecule has 0 aromatic heterocycles. The molecule has 2 aromatic carbocycles. The van der Waals surface area contributed by atoms with Crippen LogP contribution in [-0.4, -0.2) is 28.4 Å². The molecule has 2 aromatic rings. The molecule has 24 heavy (non-hydrogen) atoms. The van der Waals surface area contributed by atoms with Gasteiger partial charge < -0.3 is 10.0 Å². The summed E-state index contributed by atoms with van der Waals surface area (Å²) in [6, 6.07) is 14.7. The fourth-order valence-electron chi connectivity index (χ4n) is 3.25. The van der Waals surface area contributed by atoms with Gasteiger partial charge >= 0.3 is 5.97 Å². The van der Waals surface area contributed by atoms with E-state index in [0.29, 0.717) is 25.8 Å². The van der Waals surface area contributed by atoms with Crippen molar-refractivity contribution in [2.45, 2.75) is 32.2 Å². The van der Waals surface area contributed by atoms with Gasteiger partial charge in [0.2, 0.25) is 5.91 Å². The van der Waals surface area contributed by atoms with Crippen LogP contribution in [0.4, 0.5) is 0 Å². The van der Waals surface area contributed by atoms with Crippen LogP contribution in [0.25, 0.3) is 0 Å². The summed E-state index contributed by atoms with van der Waals surface area (Å²) in [4.78, 5) is 25.9. The summed E-state index contributed by atoms with van der Waals surface area (Å²) in [5.41, 5.74) is 4.04. The number of carboxylic acids is 1. The molecule has 0 radical (unpaired) electrons. The first kappa shape index (κ1) is 16.2. The van der Waals surface area contributed by atoms with Gasteiger partial charge in [-0.3, -0.25) is 4.79 Å². The van der Waals surface area contributed by atoms with Gasteiger partial charge in [-0.25, -0.2) is 4.79 Å². The minimum Gasteiger partial charge on any atom is -0.479 e. The highest BCUT2D eigenvalue weighted by Crippen LogP contribution is 2.30. The maximum Gasteiger partial charge on any atom is 0.331 e. The number of nitrogens with zero attached hydrogens (tertiary/aromatic N) is 1. The number of carboxylic acid groups (broad SMARTS) is 1. The van der Waals surface area contributed by atoms with Crippen molar-refractivity contribution in [2.75, 3.05) is 6.54 Å². The minimum absolute atomic E-state index is 0.0996. The lowest BCUT2D eigenvalue weighted by molar-refractivity contribution is -0.151. The average molecular weight is 323 g/mol. The second-order valence-corrected chi connectivity index (χ2v) is 6.26. The van der Waals surface area contributed by atoms with Crippen LogP contribution in [-0.2, 0) is 22.4 Å². The number of aryl methyl sites for hydroxylation is 2. The highest BCUT2D eigenvalue weighted by atomic mass is 16.4. The maximum atomic E-state index is 12.6. The summed E-state index contributed by atoms with van der Waals surface area (Å²) >= 11 is 0. The van der Waals surface area contributed by atoms with E-state index in [1.807, 2.05) is 55.5 Å². The van der Waals surface area contributed by atoms with Gasteiger partial charge in [-0.15, -0.1) is 0 Å². The Hall–Kier alpha value is -2.62. The summed E-state index contributed by atoms with van der Waals surface area (Å²) in [6.45, 7) is 2.48. The Morgan fingerprint density at radius 2 is 1.83 bits per heavy atom. The van der Waals surface area contributed by atoms with Gasteiger partial charge in [0, 0.05) is 13.0 Å². The summed E-state index contributed by atoms with van der Waals surface area (Å²) in [5.74, 6) is -1.07. The second-order valence-electron chi connectivity index (χ2n) is 6.26. The number of hydrogen-bond acceptors (Lipinski definition) is 2. The van der Waals surface area contributed by atoms with Gasteiger partial charge in [0.05, 0.1) is 0 Å². The summed E-state index contributed by atoms with van der Waals surface area (Å²) in [7, 11) is 0. The van der Waals surface area contributed by atoms with Crippen LogP contribution in [0.1, 0.15) is 34.7 Å². The molecule has 4 nitrogen and oxygen atoms in total. The molecule has 1 atom stereocenters. The smallest absolute Gasteiger partial charge is 0.331 e. The largest absolute Gasteiger partial charge is 0.479 e. The van der Waals surface area contributed by atoms with Crippen molar-refractivity contribution in [3.8, 4) is 0 Å². The molecule has 0 spiro atoms. The van der Waals surface area contributed by atoms with Crippen LogP contribution >= 0.6 is 0 Å². The molecule has 0 saturated heterocycles. The Morgan fingerprint density at radius 3 is 2.54 bits per heavy atom. The third-order valence-electron chi connectivity index (χ3n) is 4.59. The lowest BCUT2D eigenvalue weighted by atomic mass is 9.92. The van der Waals surface area contributed by atoms with Crippen LogP contribution in [0.5, 0.6) is 0 Å². The monoisotopic (exact) mass is 323 g/mol. The first-order valence-electron chi connectivity index (χ1n) is 8.22. The van der Waals surface area contributed by atoms with Gasteiger partial charge in [-0.1, -0.05) is 54.1 Å². The molecular formula is C20H21NO3. The molecular weight excluding hydrogens is 302 g/mol. The molecule has 1 aliphatic rings. The van der Waals surface area contributed by atoms with E-state index in [1.165, 1.54) is 10.5 Å². The van der Waals surface area contributed by atoms with Crippen molar-refractivity contribution in [1.29, 1.82) is 0 Å². The summed E-state index contributed by atoms with van der Waals surface area (Å²) < 4.78 is 0. The Bertz CT molecular complexity index is 752. The van der Waals surface area contributed by atoms with E-state index in [-0.39, 0.29) is 5.91 Å². The number of rotatable bonds is 4. The van der Waals surface area contributed by atoms with E-state index < -0.39 is 12.0 Å². The van der Waals surface area contributed by atoms with Crippen LogP contribution < -0.4 is 0 Å². The minimum atomic E-state index is -0.967. The SMILES string of the molecule is Cc1ccc(CCC(=O)N2CCc3ccccc3C2C(=O)O)cc1. The second kappa shape index (κ2) is 6.87. The van der Waals surface area contributed by atoms with Crippen LogP contribution in [0.3, 0.4) is 0 Å². The van der Waals surface area contributed by atoms with E-state index in [4.69, 9.17) is 0 Å². The zero-order valence-electron chi connectivity index (χ0n) is 13.7. The van der Waals surface area contributed by atoms with E-state index in [2.05, 4.69) is 0 Å². The molecule has 4 heteroatoms. The number of benzene rings is 2. The predicted molar refractivity (Wildman–Crippen MR) is 91.7 cm³/mol.